The number of hydrogen-bond acceptors (Lipinski definition) is 3. The largest absolute Gasteiger partial charge is 0.331 e. The van der Waals surface area contributed by atoms with Crippen LogP contribution in [-0.2, 0) is 7.05 Å². The average molecular weight is 307 g/mol. The van der Waals surface area contributed by atoms with E-state index in [9.17, 15) is 9.59 Å². The standard InChI is InChI=1S/C18H17N3O2/c1-11(22)13-5-4-6-15(9-13)20-18(23)14-7-8-17-16(10-14)19-12(2)21(17)3/h4-10H,1-3H3,(H,20,23). The van der Waals surface area contributed by atoms with Gasteiger partial charge in [-0.25, -0.2) is 4.98 Å². The number of aryl methyl sites for hydroxylation is 2. The topological polar surface area (TPSA) is 64.0 Å². The lowest BCUT2D eigenvalue weighted by molar-refractivity contribution is 0.101. The number of carbonyl (C=O) groups excluding carboxylic acids is 2. The van der Waals surface area contributed by atoms with E-state index in [-0.39, 0.29) is 11.7 Å². The zero-order valence-electron chi connectivity index (χ0n) is 13.3. The van der Waals surface area contributed by atoms with Gasteiger partial charge < -0.3 is 9.88 Å². The maximum Gasteiger partial charge on any atom is 0.255 e. The predicted molar refractivity (Wildman–Crippen MR) is 89.9 cm³/mol. The van der Waals surface area contributed by atoms with Gasteiger partial charge in [0.05, 0.1) is 11.0 Å². The van der Waals surface area contributed by atoms with Gasteiger partial charge in [0, 0.05) is 23.9 Å². The molecule has 2 aromatic carbocycles. The molecule has 0 saturated carbocycles. The summed E-state index contributed by atoms with van der Waals surface area (Å²) < 4.78 is 1.98. The number of anilines is 1. The van der Waals surface area contributed by atoms with Crippen LogP contribution < -0.4 is 5.32 Å². The second-order valence-corrected chi connectivity index (χ2v) is 5.51. The number of Topliss-reactive ketones (excluding diaryl/α,β-unsaturated/α-hetero) is 1. The highest BCUT2D eigenvalue weighted by Crippen LogP contribution is 2.18. The van der Waals surface area contributed by atoms with E-state index < -0.39 is 0 Å². The van der Waals surface area contributed by atoms with Gasteiger partial charge >= 0.3 is 0 Å². The highest BCUT2D eigenvalue weighted by atomic mass is 16.1. The third-order valence-corrected chi connectivity index (χ3v) is 3.89. The number of hydrogen-bond donors (Lipinski definition) is 1. The van der Waals surface area contributed by atoms with Crippen LogP contribution in [0.3, 0.4) is 0 Å². The first-order valence-electron chi connectivity index (χ1n) is 7.31. The lowest BCUT2D eigenvalue weighted by atomic mass is 10.1. The van der Waals surface area contributed by atoms with Gasteiger partial charge in [-0.2, -0.15) is 0 Å². The highest BCUT2D eigenvalue weighted by Gasteiger charge is 2.11. The summed E-state index contributed by atoms with van der Waals surface area (Å²) in [6, 6.07) is 12.3. The van der Waals surface area contributed by atoms with E-state index in [1.165, 1.54) is 6.92 Å². The summed E-state index contributed by atoms with van der Waals surface area (Å²) in [7, 11) is 1.94. The Morgan fingerprint density at radius 3 is 2.61 bits per heavy atom. The van der Waals surface area contributed by atoms with E-state index >= 15 is 0 Å². The summed E-state index contributed by atoms with van der Waals surface area (Å²) in [4.78, 5) is 28.2. The Morgan fingerprint density at radius 2 is 1.87 bits per heavy atom. The molecule has 1 heterocycles. The van der Waals surface area contributed by atoms with Crippen molar-refractivity contribution in [2.75, 3.05) is 5.32 Å². The number of rotatable bonds is 3. The molecule has 0 aliphatic carbocycles. The van der Waals surface area contributed by atoms with Gasteiger partial charge in [-0.05, 0) is 44.2 Å². The molecular formula is C18H17N3O2. The number of aromatic nitrogens is 2. The molecule has 0 aliphatic heterocycles. The molecule has 0 spiro atoms. The summed E-state index contributed by atoms with van der Waals surface area (Å²) in [5.74, 6) is 0.633. The van der Waals surface area contributed by atoms with Crippen LogP contribution in [-0.4, -0.2) is 21.2 Å². The van der Waals surface area contributed by atoms with E-state index in [4.69, 9.17) is 0 Å². The lowest BCUT2D eigenvalue weighted by Gasteiger charge is -2.06. The number of imidazole rings is 1. The van der Waals surface area contributed by atoms with Crippen LogP contribution >= 0.6 is 0 Å². The zero-order valence-corrected chi connectivity index (χ0v) is 13.3. The van der Waals surface area contributed by atoms with E-state index in [0.717, 1.165) is 16.9 Å². The van der Waals surface area contributed by atoms with E-state index in [0.29, 0.717) is 16.8 Å². The molecule has 3 aromatic rings. The number of carbonyl (C=O) groups is 2. The van der Waals surface area contributed by atoms with Crippen molar-refractivity contribution in [2.45, 2.75) is 13.8 Å². The predicted octanol–water partition coefficient (Wildman–Crippen LogP) is 3.34. The molecule has 0 aliphatic rings. The molecule has 0 radical (unpaired) electrons. The third-order valence-electron chi connectivity index (χ3n) is 3.89. The van der Waals surface area contributed by atoms with Crippen LogP contribution in [0.15, 0.2) is 42.5 Å². The Labute approximate surface area is 134 Å². The number of fused-ring (bicyclic) bond motifs is 1. The van der Waals surface area contributed by atoms with Crippen molar-refractivity contribution in [1.82, 2.24) is 9.55 Å². The fourth-order valence-corrected chi connectivity index (χ4v) is 2.48. The summed E-state index contributed by atoms with van der Waals surface area (Å²) in [6.45, 7) is 3.42. The fraction of sp³-hybridized carbons (Fsp3) is 0.167. The van der Waals surface area contributed by atoms with Crippen LogP contribution in [0.25, 0.3) is 11.0 Å². The van der Waals surface area contributed by atoms with Gasteiger partial charge in [0.15, 0.2) is 5.78 Å². The molecule has 0 bridgehead atoms. The Kier molecular flexibility index (Phi) is 3.70. The van der Waals surface area contributed by atoms with Gasteiger partial charge in [0.25, 0.3) is 5.91 Å². The number of nitrogens with one attached hydrogen (secondary N) is 1. The number of ketones is 1. The van der Waals surface area contributed by atoms with Gasteiger partial charge in [-0.15, -0.1) is 0 Å². The van der Waals surface area contributed by atoms with Crippen LogP contribution in [0.1, 0.15) is 33.5 Å². The quantitative estimate of drug-likeness (QED) is 0.755. The Balaban J connectivity index is 1.88. The summed E-state index contributed by atoms with van der Waals surface area (Å²) >= 11 is 0. The van der Waals surface area contributed by atoms with Crippen LogP contribution in [0.2, 0.25) is 0 Å². The van der Waals surface area contributed by atoms with Gasteiger partial charge in [0.2, 0.25) is 0 Å². The molecule has 23 heavy (non-hydrogen) atoms. The minimum absolute atomic E-state index is 0.0357. The van der Waals surface area contributed by atoms with E-state index in [2.05, 4.69) is 10.3 Å². The smallest absolute Gasteiger partial charge is 0.255 e. The minimum atomic E-state index is -0.226. The van der Waals surface area contributed by atoms with Crippen molar-refractivity contribution < 1.29 is 9.59 Å². The van der Waals surface area contributed by atoms with Crippen LogP contribution in [0.5, 0.6) is 0 Å². The molecule has 5 heteroatoms. The summed E-state index contributed by atoms with van der Waals surface area (Å²) in [5.41, 5.74) is 3.47. The van der Waals surface area contributed by atoms with Gasteiger partial charge in [-0.3, -0.25) is 9.59 Å². The average Bonchev–Trinajstić information content (AvgIpc) is 2.81. The minimum Gasteiger partial charge on any atom is -0.331 e. The molecule has 116 valence electrons. The first kappa shape index (κ1) is 15.0. The summed E-state index contributed by atoms with van der Waals surface area (Å²) in [6.07, 6.45) is 0. The number of nitrogens with zero attached hydrogens (tertiary/aromatic N) is 2. The third kappa shape index (κ3) is 2.85. The molecule has 1 N–H and O–H groups in total. The van der Waals surface area contributed by atoms with Crippen LogP contribution in [0.4, 0.5) is 5.69 Å². The molecule has 5 nitrogen and oxygen atoms in total. The molecule has 1 aromatic heterocycles. The van der Waals surface area contributed by atoms with E-state index in [1.54, 1.807) is 36.4 Å². The maximum atomic E-state index is 12.4. The number of amides is 1. The zero-order chi connectivity index (χ0) is 16.6. The normalized spacial score (nSPS) is 10.7. The van der Waals surface area contributed by atoms with Crippen molar-refractivity contribution in [3.05, 3.63) is 59.4 Å². The SMILES string of the molecule is CC(=O)c1cccc(NC(=O)c2ccc3c(c2)nc(C)n3C)c1. The molecule has 0 unspecified atom stereocenters. The van der Waals surface area contributed by atoms with Gasteiger partial charge in [0.1, 0.15) is 5.82 Å². The van der Waals surface area contributed by atoms with Crippen molar-refractivity contribution in [3.63, 3.8) is 0 Å². The molecular weight excluding hydrogens is 290 g/mol. The lowest BCUT2D eigenvalue weighted by Crippen LogP contribution is -2.12. The highest BCUT2D eigenvalue weighted by molar-refractivity contribution is 6.06. The van der Waals surface area contributed by atoms with Crippen molar-refractivity contribution in [3.8, 4) is 0 Å². The Morgan fingerprint density at radius 1 is 1.09 bits per heavy atom. The second-order valence-electron chi connectivity index (χ2n) is 5.51. The second kappa shape index (κ2) is 5.68. The molecule has 3 rings (SSSR count). The summed E-state index contributed by atoms with van der Waals surface area (Å²) in [5, 5.41) is 2.81. The Hall–Kier alpha value is -2.95. The molecule has 0 saturated heterocycles. The van der Waals surface area contributed by atoms with Crippen LogP contribution in [0, 0.1) is 6.92 Å². The first-order valence-corrected chi connectivity index (χ1v) is 7.31. The van der Waals surface area contributed by atoms with Crippen molar-refractivity contribution in [2.24, 2.45) is 7.05 Å². The molecule has 0 atom stereocenters. The van der Waals surface area contributed by atoms with Crippen molar-refractivity contribution >= 4 is 28.4 Å². The number of benzene rings is 2. The molecule has 1 amide bonds. The fourth-order valence-electron chi connectivity index (χ4n) is 2.48. The monoisotopic (exact) mass is 307 g/mol. The molecule has 0 fully saturated rings. The van der Waals surface area contributed by atoms with Crippen molar-refractivity contribution in [1.29, 1.82) is 0 Å². The maximum absolute atomic E-state index is 12.4. The van der Waals surface area contributed by atoms with Gasteiger partial charge in [-0.1, -0.05) is 12.1 Å². The van der Waals surface area contributed by atoms with E-state index in [1.807, 2.05) is 24.6 Å². The first-order chi connectivity index (χ1) is 11.0. The Bertz CT molecular complexity index is 925.